The fourth-order valence-electron chi connectivity index (χ4n) is 3.43. The van der Waals surface area contributed by atoms with Gasteiger partial charge in [-0.3, -0.25) is 4.57 Å². The number of nitrogens with one attached hydrogen (secondary N) is 1. The first-order valence-corrected chi connectivity index (χ1v) is 13.6. The molecular weight excluding hydrogens is 441 g/mol. The van der Waals surface area contributed by atoms with Crippen molar-refractivity contribution in [2.45, 2.75) is 19.9 Å². The molecule has 2 heterocycles. The van der Waals surface area contributed by atoms with E-state index in [0.29, 0.717) is 37.4 Å². The minimum Gasteiger partial charge on any atom is -0.344 e. The number of benzene rings is 2. The molecule has 1 atom stereocenters. The minimum atomic E-state index is -2.92. The molecule has 6 nitrogen and oxygen atoms in total. The van der Waals surface area contributed by atoms with Gasteiger partial charge in [0, 0.05) is 29.8 Å². The van der Waals surface area contributed by atoms with Crippen LogP contribution in [-0.4, -0.2) is 34.4 Å². The number of aryl methyl sites for hydroxylation is 1. The molecule has 0 amide bonds. The van der Waals surface area contributed by atoms with Crippen molar-refractivity contribution in [3.8, 4) is 33.3 Å². The molecule has 0 spiro atoms. The summed E-state index contributed by atoms with van der Waals surface area (Å²) in [7, 11) is -2.92. The van der Waals surface area contributed by atoms with E-state index in [9.17, 15) is 9.46 Å². The fourth-order valence-corrected chi connectivity index (χ4v) is 5.14. The summed E-state index contributed by atoms with van der Waals surface area (Å²) in [6.45, 7) is 4.91. The van der Waals surface area contributed by atoms with E-state index in [1.807, 2.05) is 42.5 Å². The third-order valence-corrected chi connectivity index (χ3v) is 7.29. The van der Waals surface area contributed by atoms with Crippen LogP contribution in [0.25, 0.3) is 33.3 Å². The second-order valence-electron chi connectivity index (χ2n) is 7.87. The van der Waals surface area contributed by atoms with Gasteiger partial charge < -0.3 is 14.7 Å². The van der Waals surface area contributed by atoms with E-state index < -0.39 is 7.37 Å². The predicted molar refractivity (Wildman–Crippen MR) is 130 cm³/mol. The zero-order valence-corrected chi connectivity index (χ0v) is 19.8. The monoisotopic (exact) mass is 467 g/mol. The van der Waals surface area contributed by atoms with Gasteiger partial charge in [-0.2, -0.15) is 4.98 Å². The zero-order valence-electron chi connectivity index (χ0n) is 18.1. The molecule has 0 saturated heterocycles. The Morgan fingerprint density at radius 1 is 1.09 bits per heavy atom. The van der Waals surface area contributed by atoms with Gasteiger partial charge in [-0.15, -0.1) is 11.3 Å². The summed E-state index contributed by atoms with van der Waals surface area (Å²) in [5, 5.41) is 7.47. The zero-order chi connectivity index (χ0) is 22.6. The van der Waals surface area contributed by atoms with Crippen LogP contribution in [-0.2, 0) is 11.1 Å². The highest BCUT2D eigenvalue weighted by Gasteiger charge is 2.16. The predicted octanol–water partition coefficient (Wildman–Crippen LogP) is 5.82. The van der Waals surface area contributed by atoms with Gasteiger partial charge in [0.25, 0.3) is 5.89 Å². The molecular formula is C24H26N3O3PS. The van der Waals surface area contributed by atoms with Crippen molar-refractivity contribution >= 4 is 18.7 Å². The largest absolute Gasteiger partial charge is 0.344 e. The molecule has 0 fully saturated rings. The number of hydrogen-bond acceptors (Lipinski definition) is 6. The van der Waals surface area contributed by atoms with E-state index in [-0.39, 0.29) is 0 Å². The normalized spacial score (nSPS) is 13.2. The average Bonchev–Trinajstić information content (AvgIpc) is 3.41. The van der Waals surface area contributed by atoms with Gasteiger partial charge in [0.2, 0.25) is 5.82 Å². The number of rotatable bonds is 9. The van der Waals surface area contributed by atoms with Crippen LogP contribution in [0, 0.1) is 6.92 Å². The van der Waals surface area contributed by atoms with E-state index in [4.69, 9.17) is 4.52 Å². The third kappa shape index (κ3) is 5.81. The van der Waals surface area contributed by atoms with Crippen LogP contribution in [0.2, 0.25) is 0 Å². The highest BCUT2D eigenvalue weighted by molar-refractivity contribution is 7.57. The van der Waals surface area contributed by atoms with Crippen LogP contribution >= 0.6 is 18.7 Å². The molecule has 4 aromatic rings. The van der Waals surface area contributed by atoms with Crippen molar-refractivity contribution in [1.29, 1.82) is 0 Å². The van der Waals surface area contributed by atoms with Crippen LogP contribution < -0.4 is 5.32 Å². The molecule has 1 unspecified atom stereocenters. The Balaban J connectivity index is 1.39. The molecule has 0 saturated carbocycles. The first-order chi connectivity index (χ1) is 15.4. The summed E-state index contributed by atoms with van der Waals surface area (Å²) in [5.41, 5.74) is 4.38. The van der Waals surface area contributed by atoms with Gasteiger partial charge in [0.1, 0.15) is 0 Å². The quantitative estimate of drug-likeness (QED) is 0.238. The van der Waals surface area contributed by atoms with E-state index in [0.717, 1.165) is 16.0 Å². The van der Waals surface area contributed by atoms with E-state index in [1.165, 1.54) is 22.7 Å². The summed E-state index contributed by atoms with van der Waals surface area (Å²) in [4.78, 5) is 16.1. The molecule has 0 aliphatic heterocycles. The van der Waals surface area contributed by atoms with Crippen molar-refractivity contribution in [2.75, 3.05) is 19.4 Å². The molecule has 2 N–H and O–H groups in total. The molecule has 0 aliphatic rings. The summed E-state index contributed by atoms with van der Waals surface area (Å²) < 4.78 is 16.9. The maximum absolute atomic E-state index is 11.3. The molecule has 0 radical (unpaired) electrons. The van der Waals surface area contributed by atoms with Crippen LogP contribution in [0.15, 0.2) is 65.2 Å². The lowest BCUT2D eigenvalue weighted by Crippen LogP contribution is -2.15. The lowest BCUT2D eigenvalue weighted by Gasteiger charge is -2.07. The van der Waals surface area contributed by atoms with Crippen LogP contribution in [0.5, 0.6) is 0 Å². The second-order valence-corrected chi connectivity index (χ2v) is 11.7. The Hall–Kier alpha value is -2.57. The highest BCUT2D eigenvalue weighted by atomic mass is 32.1. The Bertz CT molecular complexity index is 1210. The summed E-state index contributed by atoms with van der Waals surface area (Å²) in [5.74, 6) is 1.09. The standard InChI is InChI=1S/C24H26N3O3PS/c1-17-21(19-7-4-3-5-8-19)15-22(32-17)24-26-23(27-30-24)20-11-9-18(10-12-20)16-25-13-6-14-31(2,28)29/h3-5,7-12,15,25H,6,13-14,16H2,1-2H3,(H,28,29). The van der Waals surface area contributed by atoms with Crippen LogP contribution in [0.4, 0.5) is 0 Å². The number of thiophene rings is 1. The van der Waals surface area contributed by atoms with E-state index in [2.05, 4.69) is 40.6 Å². The number of aromatic nitrogens is 2. The van der Waals surface area contributed by atoms with E-state index in [1.54, 1.807) is 11.3 Å². The lowest BCUT2D eigenvalue weighted by molar-refractivity contribution is 0.433. The molecule has 0 bridgehead atoms. The summed E-state index contributed by atoms with van der Waals surface area (Å²) in [6.07, 6.45) is 1.03. The SMILES string of the molecule is Cc1sc(-c2nc(-c3ccc(CNCCCP(C)(=O)O)cc3)no2)cc1-c1ccccc1. The molecule has 4 rings (SSSR count). The van der Waals surface area contributed by atoms with Gasteiger partial charge >= 0.3 is 0 Å². The van der Waals surface area contributed by atoms with Crippen LogP contribution in [0.3, 0.4) is 0 Å². The third-order valence-electron chi connectivity index (χ3n) is 5.11. The highest BCUT2D eigenvalue weighted by Crippen LogP contribution is 2.37. The van der Waals surface area contributed by atoms with Crippen LogP contribution in [0.1, 0.15) is 16.9 Å². The molecule has 0 aliphatic carbocycles. The van der Waals surface area contributed by atoms with Crippen molar-refractivity contribution in [1.82, 2.24) is 15.5 Å². The number of nitrogens with zero attached hydrogens (tertiary/aromatic N) is 2. The van der Waals surface area contributed by atoms with Crippen molar-refractivity contribution in [3.63, 3.8) is 0 Å². The Kier molecular flexibility index (Phi) is 7.01. The van der Waals surface area contributed by atoms with Gasteiger partial charge in [-0.1, -0.05) is 59.8 Å². The second kappa shape index (κ2) is 9.92. The average molecular weight is 468 g/mol. The smallest absolute Gasteiger partial charge is 0.268 e. The van der Waals surface area contributed by atoms with Crippen molar-refractivity contribution < 1.29 is 14.0 Å². The lowest BCUT2D eigenvalue weighted by atomic mass is 10.1. The molecule has 2 aromatic heterocycles. The summed E-state index contributed by atoms with van der Waals surface area (Å²) in [6, 6.07) is 20.4. The minimum absolute atomic E-state index is 0.343. The first kappa shape index (κ1) is 22.6. The van der Waals surface area contributed by atoms with Gasteiger partial charge in [-0.05, 0) is 42.6 Å². The van der Waals surface area contributed by atoms with Crippen molar-refractivity contribution in [2.24, 2.45) is 0 Å². The maximum atomic E-state index is 11.3. The van der Waals surface area contributed by atoms with Crippen molar-refractivity contribution in [3.05, 3.63) is 71.1 Å². The van der Waals surface area contributed by atoms with Gasteiger partial charge in [0.05, 0.1) is 4.88 Å². The number of hydrogen-bond donors (Lipinski definition) is 2. The Labute approximate surface area is 191 Å². The fraction of sp³-hybridized carbons (Fsp3) is 0.250. The molecule has 32 heavy (non-hydrogen) atoms. The van der Waals surface area contributed by atoms with Gasteiger partial charge in [0.15, 0.2) is 7.37 Å². The topological polar surface area (TPSA) is 88.2 Å². The Morgan fingerprint density at radius 3 is 2.56 bits per heavy atom. The molecule has 2 aromatic carbocycles. The Morgan fingerprint density at radius 2 is 1.84 bits per heavy atom. The first-order valence-electron chi connectivity index (χ1n) is 10.5. The molecule has 166 valence electrons. The summed E-state index contributed by atoms with van der Waals surface area (Å²) >= 11 is 1.65. The maximum Gasteiger partial charge on any atom is 0.268 e. The van der Waals surface area contributed by atoms with E-state index >= 15 is 0 Å². The molecule has 8 heteroatoms. The van der Waals surface area contributed by atoms with Gasteiger partial charge in [-0.25, -0.2) is 0 Å².